The number of rotatable bonds is 2. The van der Waals surface area contributed by atoms with Crippen molar-refractivity contribution < 1.29 is 19.1 Å². The number of carbonyl (C=O) groups is 1. The molecule has 1 atom stereocenters. The molecule has 1 N–H and O–H groups in total. The van der Waals surface area contributed by atoms with Gasteiger partial charge >= 0.3 is 5.97 Å². The molecule has 0 spiro atoms. The minimum Gasteiger partial charge on any atom is -0.476 e. The Kier molecular flexibility index (Phi) is 2.03. The van der Waals surface area contributed by atoms with Crippen LogP contribution in [0.2, 0.25) is 0 Å². The molecule has 0 saturated carbocycles. The van der Waals surface area contributed by atoms with Crippen molar-refractivity contribution >= 4 is 5.97 Å². The second kappa shape index (κ2) is 3.09. The lowest BCUT2D eigenvalue weighted by atomic mass is 9.98. The van der Waals surface area contributed by atoms with Crippen LogP contribution in [0.5, 0.6) is 0 Å². The summed E-state index contributed by atoms with van der Waals surface area (Å²) in [6, 6.07) is 0. The van der Waals surface area contributed by atoms with Gasteiger partial charge in [-0.1, -0.05) is 0 Å². The van der Waals surface area contributed by atoms with E-state index in [1.54, 1.807) is 0 Å². The minimum absolute atomic E-state index is 0.0469. The van der Waals surface area contributed by atoms with E-state index in [-0.39, 0.29) is 5.69 Å². The van der Waals surface area contributed by atoms with Gasteiger partial charge in [0.25, 0.3) is 0 Å². The summed E-state index contributed by atoms with van der Waals surface area (Å²) < 4.78 is 10.6. The van der Waals surface area contributed by atoms with Gasteiger partial charge in [0.15, 0.2) is 17.8 Å². The van der Waals surface area contributed by atoms with Gasteiger partial charge in [0.2, 0.25) is 0 Å². The maximum Gasteiger partial charge on any atom is 0.358 e. The Bertz CT molecular complexity index is 351. The van der Waals surface area contributed by atoms with Crippen molar-refractivity contribution in [2.45, 2.75) is 25.4 Å². The first kappa shape index (κ1) is 9.21. The van der Waals surface area contributed by atoms with E-state index in [0.717, 1.165) is 19.2 Å². The number of hydrogen-bond donors (Lipinski definition) is 1. The van der Waals surface area contributed by atoms with Crippen molar-refractivity contribution in [1.29, 1.82) is 0 Å². The molecule has 1 fully saturated rings. The molecule has 1 aliphatic rings. The van der Waals surface area contributed by atoms with E-state index in [9.17, 15) is 4.79 Å². The minimum atomic E-state index is -1.08. The Hall–Kier alpha value is -1.36. The highest BCUT2D eigenvalue weighted by molar-refractivity contribution is 5.86. The molecule has 5 heteroatoms. The van der Waals surface area contributed by atoms with Crippen LogP contribution in [-0.2, 0) is 10.3 Å². The molecule has 1 unspecified atom stereocenters. The van der Waals surface area contributed by atoms with Crippen LogP contribution in [0.3, 0.4) is 0 Å². The molecule has 14 heavy (non-hydrogen) atoms. The van der Waals surface area contributed by atoms with Gasteiger partial charge in [-0.2, -0.15) is 0 Å². The Morgan fingerprint density at radius 2 is 2.50 bits per heavy atom. The molecular formula is C9H11NO4. The zero-order chi connectivity index (χ0) is 10.2. The van der Waals surface area contributed by atoms with Crippen molar-refractivity contribution in [3.8, 4) is 0 Å². The van der Waals surface area contributed by atoms with Crippen molar-refractivity contribution in [3.63, 3.8) is 0 Å². The number of nitrogens with zero attached hydrogens (tertiary/aromatic N) is 1. The second-order valence-corrected chi connectivity index (χ2v) is 3.52. The first-order chi connectivity index (χ1) is 6.63. The number of oxazole rings is 1. The lowest BCUT2D eigenvalue weighted by Gasteiger charge is -2.19. The molecule has 76 valence electrons. The predicted molar refractivity (Wildman–Crippen MR) is 46.0 cm³/mol. The molecule has 0 radical (unpaired) electrons. The Labute approximate surface area is 80.7 Å². The van der Waals surface area contributed by atoms with Crippen LogP contribution >= 0.6 is 0 Å². The van der Waals surface area contributed by atoms with Crippen LogP contribution in [0.1, 0.15) is 36.0 Å². The van der Waals surface area contributed by atoms with Gasteiger partial charge in [-0.15, -0.1) is 0 Å². The van der Waals surface area contributed by atoms with Crippen molar-refractivity contribution in [2.75, 3.05) is 6.61 Å². The topological polar surface area (TPSA) is 72.6 Å². The van der Waals surface area contributed by atoms with Crippen LogP contribution in [0, 0.1) is 0 Å². The van der Waals surface area contributed by atoms with E-state index >= 15 is 0 Å². The van der Waals surface area contributed by atoms with E-state index in [2.05, 4.69) is 4.98 Å². The summed E-state index contributed by atoms with van der Waals surface area (Å²) in [6.45, 7) is 2.46. The zero-order valence-corrected chi connectivity index (χ0v) is 7.82. The summed E-state index contributed by atoms with van der Waals surface area (Å²) >= 11 is 0. The summed E-state index contributed by atoms with van der Waals surface area (Å²) in [5.41, 5.74) is -0.668. The standard InChI is InChI=1S/C9H11NO4/c1-9(3-2-4-14-9)7-6(8(11)12)10-5-13-7/h5H,2-4H2,1H3,(H,11,12). The lowest BCUT2D eigenvalue weighted by molar-refractivity contribution is -0.00231. The summed E-state index contributed by atoms with van der Waals surface area (Å²) in [5, 5.41) is 8.85. The van der Waals surface area contributed by atoms with Gasteiger partial charge in [0.1, 0.15) is 5.60 Å². The van der Waals surface area contributed by atoms with E-state index in [1.807, 2.05) is 6.92 Å². The summed E-state index contributed by atoms with van der Waals surface area (Å²) in [4.78, 5) is 14.5. The number of hydrogen-bond acceptors (Lipinski definition) is 4. The fraction of sp³-hybridized carbons (Fsp3) is 0.556. The Morgan fingerprint density at radius 1 is 1.71 bits per heavy atom. The zero-order valence-electron chi connectivity index (χ0n) is 7.82. The number of ether oxygens (including phenoxy) is 1. The third-order valence-electron chi connectivity index (χ3n) is 2.47. The fourth-order valence-electron chi connectivity index (χ4n) is 1.73. The predicted octanol–water partition coefficient (Wildman–Crippen LogP) is 1.40. The van der Waals surface area contributed by atoms with Gasteiger partial charge in [-0.05, 0) is 19.8 Å². The molecule has 1 aromatic rings. The molecular weight excluding hydrogens is 186 g/mol. The fourth-order valence-corrected chi connectivity index (χ4v) is 1.73. The normalized spacial score (nSPS) is 26.6. The number of aromatic nitrogens is 1. The molecule has 2 heterocycles. The summed E-state index contributed by atoms with van der Waals surface area (Å²) in [6.07, 6.45) is 2.82. The van der Waals surface area contributed by atoms with Crippen molar-refractivity contribution in [2.24, 2.45) is 0 Å². The van der Waals surface area contributed by atoms with E-state index in [1.165, 1.54) is 0 Å². The second-order valence-electron chi connectivity index (χ2n) is 3.52. The summed E-state index contributed by atoms with van der Waals surface area (Å²) in [7, 11) is 0. The number of carboxylic acid groups (broad SMARTS) is 1. The van der Waals surface area contributed by atoms with Crippen LogP contribution in [0.4, 0.5) is 0 Å². The monoisotopic (exact) mass is 197 g/mol. The molecule has 0 amide bonds. The number of aromatic carboxylic acids is 1. The highest BCUT2D eigenvalue weighted by Crippen LogP contribution is 2.36. The van der Waals surface area contributed by atoms with Gasteiger partial charge in [0.05, 0.1) is 0 Å². The van der Waals surface area contributed by atoms with Crippen LogP contribution in [0.15, 0.2) is 10.8 Å². The summed E-state index contributed by atoms with van der Waals surface area (Å²) in [5.74, 6) is -0.757. The molecule has 0 aliphatic carbocycles. The van der Waals surface area contributed by atoms with Gasteiger partial charge < -0.3 is 14.3 Å². The number of carboxylic acids is 1. The highest BCUT2D eigenvalue weighted by atomic mass is 16.5. The molecule has 5 nitrogen and oxygen atoms in total. The maximum atomic E-state index is 10.8. The first-order valence-electron chi connectivity index (χ1n) is 4.45. The molecule has 0 aromatic carbocycles. The molecule has 2 rings (SSSR count). The smallest absolute Gasteiger partial charge is 0.358 e. The lowest BCUT2D eigenvalue weighted by Crippen LogP contribution is -2.22. The van der Waals surface area contributed by atoms with Crippen LogP contribution < -0.4 is 0 Å². The van der Waals surface area contributed by atoms with Crippen molar-refractivity contribution in [3.05, 3.63) is 17.8 Å². The highest BCUT2D eigenvalue weighted by Gasteiger charge is 2.39. The first-order valence-corrected chi connectivity index (χ1v) is 4.45. The average Bonchev–Trinajstić information content (AvgIpc) is 2.71. The Balaban J connectivity index is 2.40. The molecule has 0 bridgehead atoms. The molecule has 1 saturated heterocycles. The van der Waals surface area contributed by atoms with Crippen molar-refractivity contribution in [1.82, 2.24) is 4.98 Å². The van der Waals surface area contributed by atoms with E-state index in [4.69, 9.17) is 14.3 Å². The van der Waals surface area contributed by atoms with E-state index < -0.39 is 11.6 Å². The third-order valence-corrected chi connectivity index (χ3v) is 2.47. The van der Waals surface area contributed by atoms with Crippen LogP contribution in [-0.4, -0.2) is 22.7 Å². The molecule has 1 aliphatic heterocycles. The Morgan fingerprint density at radius 3 is 3.07 bits per heavy atom. The van der Waals surface area contributed by atoms with Crippen LogP contribution in [0.25, 0.3) is 0 Å². The largest absolute Gasteiger partial charge is 0.476 e. The maximum absolute atomic E-state index is 10.8. The quantitative estimate of drug-likeness (QED) is 0.775. The third kappa shape index (κ3) is 1.29. The average molecular weight is 197 g/mol. The SMILES string of the molecule is CC1(c2ocnc2C(=O)O)CCCO1. The van der Waals surface area contributed by atoms with Gasteiger partial charge in [-0.3, -0.25) is 0 Å². The molecule has 1 aromatic heterocycles. The van der Waals surface area contributed by atoms with E-state index in [0.29, 0.717) is 12.4 Å². The van der Waals surface area contributed by atoms with Gasteiger partial charge in [-0.25, -0.2) is 9.78 Å². The van der Waals surface area contributed by atoms with Gasteiger partial charge in [0, 0.05) is 6.61 Å².